The molecule has 1 fully saturated rings. The van der Waals surface area contributed by atoms with Crippen LogP contribution in [0.3, 0.4) is 0 Å². The fourth-order valence-corrected chi connectivity index (χ4v) is 5.12. The Morgan fingerprint density at radius 2 is 2.09 bits per heavy atom. The number of azo groups is 1. The molecule has 0 aromatic heterocycles. The van der Waals surface area contributed by atoms with Gasteiger partial charge in [-0.15, -0.1) is 5.11 Å². The molecule has 0 radical (unpaired) electrons. The summed E-state index contributed by atoms with van der Waals surface area (Å²) in [4.78, 5) is 13.0. The highest BCUT2D eigenvalue weighted by Gasteiger charge is 2.52. The average Bonchev–Trinajstić information content (AvgIpc) is 2.85. The van der Waals surface area contributed by atoms with E-state index in [-0.39, 0.29) is 10.8 Å². The van der Waals surface area contributed by atoms with Gasteiger partial charge in [-0.1, -0.05) is 33.6 Å². The fraction of sp³-hybridized carbons (Fsp3) is 0.722. The maximum absolute atomic E-state index is 13.0. The van der Waals surface area contributed by atoms with Crippen LogP contribution in [0.5, 0.6) is 0 Å². The predicted molar refractivity (Wildman–Crippen MR) is 85.0 cm³/mol. The molecule has 0 unspecified atom stereocenters. The van der Waals surface area contributed by atoms with E-state index in [0.29, 0.717) is 24.7 Å². The first-order valence-corrected chi connectivity index (χ1v) is 8.56. The van der Waals surface area contributed by atoms with E-state index in [1.54, 1.807) is 0 Å². The number of nitrogens with one attached hydrogen (secondary N) is 1. The van der Waals surface area contributed by atoms with Gasteiger partial charge >= 0.3 is 0 Å². The van der Waals surface area contributed by atoms with E-state index in [2.05, 4.69) is 36.3 Å². The number of nitrogens with zero attached hydrogens (tertiary/aromatic N) is 2. The molecule has 4 nitrogen and oxygen atoms in total. The number of hydrogen-bond donors (Lipinski definition) is 1. The minimum Gasteiger partial charge on any atom is -0.342 e. The molecule has 4 heteroatoms. The van der Waals surface area contributed by atoms with Gasteiger partial charge in [0.15, 0.2) is 11.6 Å². The van der Waals surface area contributed by atoms with Crippen LogP contribution in [0.15, 0.2) is 32.9 Å². The second-order valence-electron chi connectivity index (χ2n) is 8.43. The number of dihydropyridines is 1. The summed E-state index contributed by atoms with van der Waals surface area (Å²) in [5.74, 6) is 1.96. The van der Waals surface area contributed by atoms with Crippen molar-refractivity contribution in [3.05, 3.63) is 22.7 Å². The highest BCUT2D eigenvalue weighted by molar-refractivity contribution is 6.00. The fourth-order valence-electron chi connectivity index (χ4n) is 5.12. The number of carbonyl (C=O) groups is 1. The van der Waals surface area contributed by atoms with Crippen LogP contribution in [0.2, 0.25) is 0 Å². The van der Waals surface area contributed by atoms with E-state index in [1.807, 2.05) is 0 Å². The minimum atomic E-state index is -0.0787. The summed E-state index contributed by atoms with van der Waals surface area (Å²) in [7, 11) is 0. The minimum absolute atomic E-state index is 0.0399. The number of allylic oxidation sites excluding steroid dienone is 2. The van der Waals surface area contributed by atoms with Gasteiger partial charge in [0, 0.05) is 28.7 Å². The molecule has 1 spiro atoms. The smallest absolute Gasteiger partial charge is 0.162 e. The standard InChI is InChI=1S/C18H25N3O/c1-11-5-4-6-18(7-11)12-10-19-21-16(12)20-13-8-17(2,3)9-14(22)15(13)18/h11,20H,4-10H2,1-3H3/t11-,18+/m0/s1. The van der Waals surface area contributed by atoms with Crippen molar-refractivity contribution in [3.63, 3.8) is 0 Å². The Balaban J connectivity index is 1.86. The summed E-state index contributed by atoms with van der Waals surface area (Å²) in [6.45, 7) is 7.37. The quantitative estimate of drug-likeness (QED) is 0.732. The van der Waals surface area contributed by atoms with Crippen molar-refractivity contribution in [3.8, 4) is 0 Å². The first-order valence-electron chi connectivity index (χ1n) is 8.56. The molecule has 22 heavy (non-hydrogen) atoms. The van der Waals surface area contributed by atoms with Crippen LogP contribution in [-0.2, 0) is 4.79 Å². The van der Waals surface area contributed by atoms with Crippen molar-refractivity contribution in [1.29, 1.82) is 0 Å². The second kappa shape index (κ2) is 4.53. The van der Waals surface area contributed by atoms with Crippen LogP contribution in [0.4, 0.5) is 0 Å². The molecule has 2 aliphatic heterocycles. The largest absolute Gasteiger partial charge is 0.342 e. The molecule has 2 heterocycles. The lowest BCUT2D eigenvalue weighted by molar-refractivity contribution is -0.119. The lowest BCUT2D eigenvalue weighted by Crippen LogP contribution is -2.45. The molecule has 0 aromatic rings. The van der Waals surface area contributed by atoms with Gasteiger partial charge in [-0.3, -0.25) is 4.79 Å². The number of fused-ring (bicyclic) bond motifs is 2. The third kappa shape index (κ3) is 1.92. The summed E-state index contributed by atoms with van der Waals surface area (Å²) in [6.07, 6.45) is 6.26. The molecule has 1 saturated carbocycles. The van der Waals surface area contributed by atoms with E-state index in [1.165, 1.54) is 18.4 Å². The first kappa shape index (κ1) is 14.2. The second-order valence-corrected chi connectivity index (χ2v) is 8.43. The molecule has 2 atom stereocenters. The van der Waals surface area contributed by atoms with Crippen LogP contribution < -0.4 is 5.32 Å². The number of carbonyl (C=O) groups excluding carboxylic acids is 1. The highest BCUT2D eigenvalue weighted by atomic mass is 16.1. The van der Waals surface area contributed by atoms with Crippen LogP contribution in [0.1, 0.15) is 59.3 Å². The molecule has 4 aliphatic rings. The third-order valence-corrected chi connectivity index (χ3v) is 5.88. The van der Waals surface area contributed by atoms with Gasteiger partial charge in [0.2, 0.25) is 0 Å². The normalized spacial score (nSPS) is 36.5. The van der Waals surface area contributed by atoms with E-state index < -0.39 is 0 Å². The van der Waals surface area contributed by atoms with Crippen molar-refractivity contribution in [2.75, 3.05) is 6.54 Å². The van der Waals surface area contributed by atoms with Crippen LogP contribution in [0, 0.1) is 16.7 Å². The molecule has 0 aromatic carbocycles. The van der Waals surface area contributed by atoms with Gasteiger partial charge in [0.25, 0.3) is 0 Å². The number of ketones is 1. The molecule has 0 saturated heterocycles. The topological polar surface area (TPSA) is 53.8 Å². The van der Waals surface area contributed by atoms with E-state index >= 15 is 0 Å². The van der Waals surface area contributed by atoms with Crippen molar-refractivity contribution >= 4 is 5.78 Å². The first-order chi connectivity index (χ1) is 10.4. The van der Waals surface area contributed by atoms with Crippen molar-refractivity contribution in [2.45, 2.75) is 59.3 Å². The lowest BCUT2D eigenvalue weighted by Gasteiger charge is -2.48. The van der Waals surface area contributed by atoms with Gasteiger partial charge in [0.1, 0.15) is 0 Å². The number of hydrogen-bond acceptors (Lipinski definition) is 4. The van der Waals surface area contributed by atoms with Crippen LogP contribution >= 0.6 is 0 Å². The van der Waals surface area contributed by atoms with Gasteiger partial charge in [-0.25, -0.2) is 0 Å². The number of rotatable bonds is 0. The zero-order chi connectivity index (χ0) is 15.5. The summed E-state index contributed by atoms with van der Waals surface area (Å²) in [6, 6.07) is 0. The Bertz CT molecular complexity index is 641. The molecule has 118 valence electrons. The van der Waals surface area contributed by atoms with Crippen LogP contribution in [0.25, 0.3) is 0 Å². The third-order valence-electron chi connectivity index (χ3n) is 5.88. The summed E-state index contributed by atoms with van der Waals surface area (Å²) < 4.78 is 0. The van der Waals surface area contributed by atoms with E-state index in [4.69, 9.17) is 0 Å². The van der Waals surface area contributed by atoms with Crippen molar-refractivity contribution < 1.29 is 4.79 Å². The summed E-state index contributed by atoms with van der Waals surface area (Å²) in [5.41, 5.74) is 3.47. The Kier molecular flexibility index (Phi) is 2.91. The molecular weight excluding hydrogens is 274 g/mol. The van der Waals surface area contributed by atoms with Gasteiger partial charge < -0.3 is 5.32 Å². The summed E-state index contributed by atoms with van der Waals surface area (Å²) in [5, 5.41) is 12.1. The maximum Gasteiger partial charge on any atom is 0.162 e. The average molecular weight is 299 g/mol. The predicted octanol–water partition coefficient (Wildman–Crippen LogP) is 4.11. The SMILES string of the molecule is C[C@H]1CCC[C@@]2(C1)C1=C(N=NC1)NC1=C2C(=O)CC(C)(C)C1. The maximum atomic E-state index is 13.0. The van der Waals surface area contributed by atoms with Crippen LogP contribution in [-0.4, -0.2) is 12.3 Å². The Labute approximate surface area is 132 Å². The molecule has 0 amide bonds. The van der Waals surface area contributed by atoms with E-state index in [9.17, 15) is 4.79 Å². The Morgan fingerprint density at radius 1 is 1.27 bits per heavy atom. The van der Waals surface area contributed by atoms with Gasteiger partial charge in [-0.2, -0.15) is 5.11 Å². The molecule has 4 rings (SSSR count). The highest BCUT2D eigenvalue weighted by Crippen LogP contribution is 2.57. The molecule has 0 bridgehead atoms. The molecular formula is C18H25N3O. The molecule has 1 N–H and O–H groups in total. The zero-order valence-corrected chi connectivity index (χ0v) is 13.8. The summed E-state index contributed by atoms with van der Waals surface area (Å²) >= 11 is 0. The monoisotopic (exact) mass is 299 g/mol. The lowest BCUT2D eigenvalue weighted by atomic mass is 9.56. The van der Waals surface area contributed by atoms with Crippen molar-refractivity contribution in [2.24, 2.45) is 27.0 Å². The number of Topliss-reactive ketones (excluding diaryl/α,β-unsaturated/α-hetero) is 1. The zero-order valence-electron chi connectivity index (χ0n) is 13.8. The Hall–Kier alpha value is -1.45. The van der Waals surface area contributed by atoms with E-state index in [0.717, 1.165) is 36.4 Å². The van der Waals surface area contributed by atoms with Gasteiger partial charge in [0.05, 0.1) is 6.54 Å². The van der Waals surface area contributed by atoms with Gasteiger partial charge in [-0.05, 0) is 30.6 Å². The van der Waals surface area contributed by atoms with Crippen molar-refractivity contribution in [1.82, 2.24) is 5.32 Å². The Morgan fingerprint density at radius 3 is 2.86 bits per heavy atom. The molecule has 2 aliphatic carbocycles.